The molecule has 7 heteroatoms. The van der Waals surface area contributed by atoms with Crippen molar-refractivity contribution < 1.29 is 14.3 Å². The second-order valence-corrected chi connectivity index (χ2v) is 4.80. The molecule has 0 aliphatic heterocycles. The fourth-order valence-corrected chi connectivity index (χ4v) is 1.87. The maximum absolute atomic E-state index is 12.8. The Morgan fingerprint density at radius 2 is 2.10 bits per heavy atom. The fourth-order valence-electron chi connectivity index (χ4n) is 1.69. The monoisotopic (exact) mass is 309 g/mol. The molecule has 5 nitrogen and oxygen atoms in total. The van der Waals surface area contributed by atoms with Gasteiger partial charge in [0.1, 0.15) is 17.3 Å². The predicted molar refractivity (Wildman–Crippen MR) is 75.5 cm³/mol. The van der Waals surface area contributed by atoms with Crippen molar-refractivity contribution in [1.29, 1.82) is 0 Å². The number of aromatic nitrogens is 2. The molecule has 0 bridgehead atoms. The van der Waals surface area contributed by atoms with Crippen LogP contribution in [0.3, 0.4) is 0 Å². The molecule has 0 spiro atoms. The molecular weight excluding hydrogens is 297 g/mol. The Hall–Kier alpha value is -2.05. The first-order valence-corrected chi connectivity index (χ1v) is 6.56. The van der Waals surface area contributed by atoms with Crippen LogP contribution in [0, 0.1) is 12.7 Å². The van der Waals surface area contributed by atoms with Crippen molar-refractivity contribution in [3.8, 4) is 0 Å². The van der Waals surface area contributed by atoms with Crippen LogP contribution in [0.15, 0.2) is 30.5 Å². The van der Waals surface area contributed by atoms with E-state index in [-0.39, 0.29) is 17.3 Å². The maximum Gasteiger partial charge on any atom is 0.271 e. The third-order valence-corrected chi connectivity index (χ3v) is 3.07. The molecular formula is C14H13ClFN3O2. The molecule has 21 heavy (non-hydrogen) atoms. The Labute approximate surface area is 125 Å². The van der Waals surface area contributed by atoms with Gasteiger partial charge in [0.2, 0.25) is 0 Å². The Kier molecular flexibility index (Phi) is 4.82. The molecule has 1 heterocycles. The molecule has 0 aliphatic rings. The molecule has 110 valence electrons. The number of aryl methyl sites for hydroxylation is 1. The average Bonchev–Trinajstić information content (AvgIpc) is 2.47. The van der Waals surface area contributed by atoms with Gasteiger partial charge in [-0.05, 0) is 24.6 Å². The van der Waals surface area contributed by atoms with E-state index in [1.165, 1.54) is 30.5 Å². The molecule has 0 saturated carbocycles. The van der Waals surface area contributed by atoms with Crippen molar-refractivity contribution in [2.75, 3.05) is 6.54 Å². The lowest BCUT2D eigenvalue weighted by atomic mass is 10.1. The highest BCUT2D eigenvalue weighted by Gasteiger charge is 2.15. The van der Waals surface area contributed by atoms with E-state index in [1.807, 2.05) is 0 Å². The third kappa shape index (κ3) is 3.96. The number of halogens is 2. The summed E-state index contributed by atoms with van der Waals surface area (Å²) >= 11 is 5.85. The summed E-state index contributed by atoms with van der Waals surface area (Å²) in [6.07, 6.45) is 0.395. The Morgan fingerprint density at radius 1 is 1.43 bits per heavy atom. The first-order valence-electron chi connectivity index (χ1n) is 6.18. The fraction of sp³-hybridized carbons (Fsp3) is 0.214. The number of aliphatic hydroxyl groups is 1. The van der Waals surface area contributed by atoms with Gasteiger partial charge in [0.15, 0.2) is 0 Å². The van der Waals surface area contributed by atoms with E-state index in [9.17, 15) is 14.3 Å². The molecule has 0 saturated heterocycles. The number of carbonyl (C=O) groups excluding carboxylic acids is 1. The predicted octanol–water partition coefficient (Wildman–Crippen LogP) is 2.04. The highest BCUT2D eigenvalue weighted by molar-refractivity contribution is 6.33. The van der Waals surface area contributed by atoms with E-state index in [0.29, 0.717) is 11.4 Å². The molecule has 0 aliphatic carbocycles. The summed E-state index contributed by atoms with van der Waals surface area (Å²) in [7, 11) is 0. The van der Waals surface area contributed by atoms with Crippen molar-refractivity contribution in [2.24, 2.45) is 0 Å². The van der Waals surface area contributed by atoms with Crippen LogP contribution in [0.5, 0.6) is 0 Å². The summed E-state index contributed by atoms with van der Waals surface area (Å²) in [6, 6.07) is 5.39. The van der Waals surface area contributed by atoms with E-state index in [4.69, 9.17) is 11.6 Å². The van der Waals surface area contributed by atoms with Gasteiger partial charge in [-0.2, -0.15) is 0 Å². The highest BCUT2D eigenvalue weighted by atomic mass is 35.5. The van der Waals surface area contributed by atoms with Crippen molar-refractivity contribution in [3.05, 3.63) is 58.4 Å². The SMILES string of the molecule is Cc1ncc(Cl)c(C(=O)NCC(O)c2ccc(F)cc2)n1. The van der Waals surface area contributed by atoms with E-state index >= 15 is 0 Å². The van der Waals surface area contributed by atoms with Gasteiger partial charge >= 0.3 is 0 Å². The number of benzene rings is 1. The maximum atomic E-state index is 12.8. The number of aliphatic hydroxyl groups excluding tert-OH is 1. The second-order valence-electron chi connectivity index (χ2n) is 4.39. The summed E-state index contributed by atoms with van der Waals surface area (Å²) in [5, 5.41) is 12.6. The molecule has 0 fully saturated rings. The summed E-state index contributed by atoms with van der Waals surface area (Å²) in [5.74, 6) is -0.478. The van der Waals surface area contributed by atoms with Crippen LogP contribution in [-0.2, 0) is 0 Å². The van der Waals surface area contributed by atoms with E-state index in [0.717, 1.165) is 0 Å². The largest absolute Gasteiger partial charge is 0.387 e. The highest BCUT2D eigenvalue weighted by Crippen LogP contribution is 2.14. The van der Waals surface area contributed by atoms with E-state index in [2.05, 4.69) is 15.3 Å². The quantitative estimate of drug-likeness (QED) is 0.906. The molecule has 1 atom stereocenters. The minimum Gasteiger partial charge on any atom is -0.387 e. The molecule has 2 N–H and O–H groups in total. The summed E-state index contributed by atoms with van der Waals surface area (Å²) in [6.45, 7) is 1.60. The van der Waals surface area contributed by atoms with Crippen LogP contribution in [0.25, 0.3) is 0 Å². The Bertz CT molecular complexity index is 649. The van der Waals surface area contributed by atoms with Crippen molar-refractivity contribution in [2.45, 2.75) is 13.0 Å². The number of nitrogens with one attached hydrogen (secondary N) is 1. The first kappa shape index (κ1) is 15.3. The van der Waals surface area contributed by atoms with Crippen LogP contribution in [0.1, 0.15) is 28.0 Å². The molecule has 1 amide bonds. The lowest BCUT2D eigenvalue weighted by molar-refractivity contribution is 0.0911. The normalized spacial score (nSPS) is 12.0. The van der Waals surface area contributed by atoms with Crippen LogP contribution in [-0.4, -0.2) is 27.5 Å². The number of hydrogen-bond donors (Lipinski definition) is 2. The number of amides is 1. The van der Waals surface area contributed by atoms with Crippen LogP contribution >= 0.6 is 11.6 Å². The zero-order valence-electron chi connectivity index (χ0n) is 11.2. The molecule has 1 unspecified atom stereocenters. The minimum absolute atomic E-state index is 0.0379. The topological polar surface area (TPSA) is 75.1 Å². The first-order chi connectivity index (χ1) is 9.97. The van der Waals surface area contributed by atoms with Crippen molar-refractivity contribution in [3.63, 3.8) is 0 Å². The summed E-state index contributed by atoms with van der Waals surface area (Å²) in [5.41, 5.74) is 0.553. The second kappa shape index (κ2) is 6.60. The summed E-state index contributed by atoms with van der Waals surface area (Å²) < 4.78 is 12.8. The zero-order valence-corrected chi connectivity index (χ0v) is 11.9. The van der Waals surface area contributed by atoms with Gasteiger partial charge in [0.25, 0.3) is 5.91 Å². The molecule has 1 aromatic heterocycles. The number of carbonyl (C=O) groups is 1. The van der Waals surface area contributed by atoms with Gasteiger partial charge in [-0.25, -0.2) is 14.4 Å². The number of hydrogen-bond acceptors (Lipinski definition) is 4. The van der Waals surface area contributed by atoms with Crippen molar-refractivity contribution >= 4 is 17.5 Å². The lowest BCUT2D eigenvalue weighted by Crippen LogP contribution is -2.29. The molecule has 1 aromatic carbocycles. The summed E-state index contributed by atoms with van der Waals surface area (Å²) in [4.78, 5) is 19.8. The van der Waals surface area contributed by atoms with Crippen LogP contribution in [0.4, 0.5) is 4.39 Å². The van der Waals surface area contributed by atoms with Gasteiger partial charge in [0, 0.05) is 6.54 Å². The van der Waals surface area contributed by atoms with Crippen LogP contribution in [0.2, 0.25) is 5.02 Å². The van der Waals surface area contributed by atoms with Crippen LogP contribution < -0.4 is 5.32 Å². The molecule has 2 rings (SSSR count). The smallest absolute Gasteiger partial charge is 0.271 e. The van der Waals surface area contributed by atoms with Gasteiger partial charge in [-0.15, -0.1) is 0 Å². The van der Waals surface area contributed by atoms with Crippen molar-refractivity contribution in [1.82, 2.24) is 15.3 Å². The Balaban J connectivity index is 2.00. The van der Waals surface area contributed by atoms with Gasteiger partial charge in [-0.1, -0.05) is 23.7 Å². The number of rotatable bonds is 4. The van der Waals surface area contributed by atoms with E-state index < -0.39 is 17.8 Å². The van der Waals surface area contributed by atoms with E-state index in [1.54, 1.807) is 6.92 Å². The number of nitrogens with zero attached hydrogens (tertiary/aromatic N) is 2. The Morgan fingerprint density at radius 3 is 2.76 bits per heavy atom. The minimum atomic E-state index is -0.948. The van der Waals surface area contributed by atoms with Gasteiger partial charge < -0.3 is 10.4 Å². The third-order valence-electron chi connectivity index (χ3n) is 2.79. The average molecular weight is 310 g/mol. The zero-order chi connectivity index (χ0) is 15.4. The van der Waals surface area contributed by atoms with Gasteiger partial charge in [0.05, 0.1) is 17.3 Å². The molecule has 0 radical (unpaired) electrons. The van der Waals surface area contributed by atoms with Gasteiger partial charge in [-0.3, -0.25) is 4.79 Å². The lowest BCUT2D eigenvalue weighted by Gasteiger charge is -2.12. The molecule has 2 aromatic rings. The standard InChI is InChI=1S/C14H13ClFN3O2/c1-8-17-6-11(15)13(19-8)14(21)18-7-12(20)9-2-4-10(16)5-3-9/h2-6,12,20H,7H2,1H3,(H,18,21).